The third-order valence-corrected chi connectivity index (χ3v) is 7.89. The number of piperazine rings is 1. The molecule has 3 aliphatic rings. The zero-order valence-corrected chi connectivity index (χ0v) is 22.4. The van der Waals surface area contributed by atoms with Crippen molar-refractivity contribution in [1.29, 1.82) is 0 Å². The summed E-state index contributed by atoms with van der Waals surface area (Å²) in [5.41, 5.74) is -0.356. The number of aliphatic hydroxyl groups is 1. The number of hydrogen-bond acceptors (Lipinski definition) is 7. The van der Waals surface area contributed by atoms with Gasteiger partial charge in [-0.2, -0.15) is 4.98 Å². The van der Waals surface area contributed by atoms with Crippen LogP contribution < -0.4 is 9.80 Å². The molecule has 1 unspecified atom stereocenters. The van der Waals surface area contributed by atoms with E-state index in [0.29, 0.717) is 55.9 Å². The van der Waals surface area contributed by atoms with Crippen molar-refractivity contribution in [2.45, 2.75) is 31.6 Å². The molecule has 1 aromatic carbocycles. The summed E-state index contributed by atoms with van der Waals surface area (Å²) in [6, 6.07) is 1.74. The summed E-state index contributed by atoms with van der Waals surface area (Å²) in [7, 11) is 4.00. The highest BCUT2D eigenvalue weighted by molar-refractivity contribution is 6.33. The normalized spacial score (nSPS) is 22.4. The number of fused-ring (bicyclic) bond motifs is 1. The Kier molecular flexibility index (Phi) is 7.04. The predicted molar refractivity (Wildman–Crippen MR) is 146 cm³/mol. The number of halogens is 3. The summed E-state index contributed by atoms with van der Waals surface area (Å²) in [4.78, 5) is 29.5. The molecule has 0 spiro atoms. The van der Waals surface area contributed by atoms with Crippen molar-refractivity contribution in [2.75, 3.05) is 56.6 Å². The molecule has 2 saturated heterocycles. The second-order valence-corrected chi connectivity index (χ2v) is 10.7. The fraction of sp³-hybridized carbons (Fsp3) is 0.444. The van der Waals surface area contributed by atoms with Crippen molar-refractivity contribution in [3.63, 3.8) is 0 Å². The number of aromatic nitrogens is 2. The summed E-state index contributed by atoms with van der Waals surface area (Å²) >= 11 is 6.57. The van der Waals surface area contributed by atoms with Gasteiger partial charge in [0, 0.05) is 67.8 Å². The first kappa shape index (κ1) is 26.4. The summed E-state index contributed by atoms with van der Waals surface area (Å²) in [5, 5.41) is 10.8. The molecule has 0 radical (unpaired) electrons. The lowest BCUT2D eigenvalue weighted by Crippen LogP contribution is -2.58. The van der Waals surface area contributed by atoms with Gasteiger partial charge in [0.15, 0.2) is 5.82 Å². The summed E-state index contributed by atoms with van der Waals surface area (Å²) < 4.78 is 31.2. The molecular formula is C27H31ClF2N6O2. The molecule has 202 valence electrons. The number of aliphatic hydroxyl groups excluding tert-OH is 1. The van der Waals surface area contributed by atoms with Gasteiger partial charge < -0.3 is 24.7 Å². The third kappa shape index (κ3) is 4.49. The molecule has 1 N–H and O–H groups in total. The Morgan fingerprint density at radius 1 is 1.26 bits per heavy atom. The number of hydrogen-bond donors (Lipinski definition) is 1. The zero-order valence-electron chi connectivity index (χ0n) is 21.7. The van der Waals surface area contributed by atoms with Gasteiger partial charge in [-0.1, -0.05) is 24.3 Å². The van der Waals surface area contributed by atoms with Gasteiger partial charge in [-0.3, -0.25) is 4.79 Å². The molecule has 5 rings (SSSR count). The lowest BCUT2D eigenvalue weighted by Gasteiger charge is -2.44. The minimum absolute atomic E-state index is 0.0107. The number of amides is 1. The number of allylic oxidation sites excluding steroid dienone is 3. The van der Waals surface area contributed by atoms with Crippen molar-refractivity contribution >= 4 is 45.8 Å². The Morgan fingerprint density at radius 3 is 2.63 bits per heavy atom. The van der Waals surface area contributed by atoms with Crippen LogP contribution in [-0.2, 0) is 4.79 Å². The summed E-state index contributed by atoms with van der Waals surface area (Å²) in [5.74, 6) is -0.425. The van der Waals surface area contributed by atoms with Gasteiger partial charge in [0.25, 0.3) is 0 Å². The number of benzene rings is 1. The number of alkyl halides is 1. The Morgan fingerprint density at radius 2 is 2.00 bits per heavy atom. The van der Waals surface area contributed by atoms with Crippen molar-refractivity contribution in [3.05, 3.63) is 53.0 Å². The Balaban J connectivity index is 1.65. The summed E-state index contributed by atoms with van der Waals surface area (Å²) in [6.07, 6.45) is 2.56. The standard InChI is InChI=1S/C27H31ClF2N6O2/c1-5-21(38)34-9-10-36(15(2)12-34)26-17-11-18(28)22(23-19(29)7-6-8-20(23)37)24(30)25(17)31-27(32-26)35-13-16(14-35)33(3)4/h5-6,8,11,15-16,19,37H,1,7,9-10,12-14H2,2-4H3/t15-,19?/m0/s1. The maximum atomic E-state index is 16.3. The van der Waals surface area contributed by atoms with Gasteiger partial charge in [-0.15, -0.1) is 0 Å². The molecule has 0 bridgehead atoms. The van der Waals surface area contributed by atoms with Crippen molar-refractivity contribution in [2.24, 2.45) is 0 Å². The fourth-order valence-electron chi connectivity index (χ4n) is 5.27. The smallest absolute Gasteiger partial charge is 0.246 e. The lowest BCUT2D eigenvalue weighted by molar-refractivity contribution is -0.126. The highest BCUT2D eigenvalue weighted by atomic mass is 35.5. The van der Waals surface area contributed by atoms with Gasteiger partial charge in [-0.25, -0.2) is 13.8 Å². The van der Waals surface area contributed by atoms with E-state index in [2.05, 4.69) is 16.5 Å². The second kappa shape index (κ2) is 10.1. The molecule has 3 heterocycles. The minimum atomic E-state index is -1.60. The number of likely N-dealkylation sites (N-methyl/N-ethyl adjacent to an activating group) is 1. The van der Waals surface area contributed by atoms with E-state index in [0.717, 1.165) is 0 Å². The quantitative estimate of drug-likeness (QED) is 0.571. The van der Waals surface area contributed by atoms with Crippen LogP contribution in [0.15, 0.2) is 36.6 Å². The van der Waals surface area contributed by atoms with E-state index < -0.39 is 12.0 Å². The molecule has 1 aliphatic carbocycles. The molecule has 2 aromatic rings. The van der Waals surface area contributed by atoms with Gasteiger partial charge in [0.05, 0.1) is 5.02 Å². The van der Waals surface area contributed by atoms with Gasteiger partial charge in [-0.05, 0) is 39.2 Å². The van der Waals surface area contributed by atoms with Crippen molar-refractivity contribution < 1.29 is 18.7 Å². The number of carbonyl (C=O) groups is 1. The van der Waals surface area contributed by atoms with E-state index >= 15 is 4.39 Å². The van der Waals surface area contributed by atoms with E-state index in [1.807, 2.05) is 30.8 Å². The average Bonchev–Trinajstić information content (AvgIpc) is 2.84. The Bertz CT molecular complexity index is 1360. The number of rotatable bonds is 5. The van der Waals surface area contributed by atoms with E-state index in [9.17, 15) is 14.3 Å². The molecule has 1 amide bonds. The average molecular weight is 545 g/mol. The molecule has 2 atom stereocenters. The van der Waals surface area contributed by atoms with E-state index in [1.165, 1.54) is 18.2 Å². The molecule has 2 fully saturated rings. The van der Waals surface area contributed by atoms with E-state index in [4.69, 9.17) is 16.6 Å². The largest absolute Gasteiger partial charge is 0.508 e. The first-order valence-corrected chi connectivity index (χ1v) is 13.0. The van der Waals surface area contributed by atoms with Crippen LogP contribution in [0.5, 0.6) is 0 Å². The molecule has 0 saturated carbocycles. The Hall–Kier alpha value is -3.24. The first-order chi connectivity index (χ1) is 18.1. The van der Waals surface area contributed by atoms with Crippen LogP contribution in [0.4, 0.5) is 20.5 Å². The third-order valence-electron chi connectivity index (χ3n) is 7.59. The van der Waals surface area contributed by atoms with Gasteiger partial charge in [0.2, 0.25) is 11.9 Å². The van der Waals surface area contributed by atoms with Crippen molar-refractivity contribution in [3.8, 4) is 0 Å². The second-order valence-electron chi connectivity index (χ2n) is 10.2. The SMILES string of the molecule is C=CC(=O)N1CCN(c2nc(N3CC(N(C)C)C3)nc3c(F)c(C4=C(O)C=CCC4F)c(Cl)cc23)[C@@H](C)C1. The highest BCUT2D eigenvalue weighted by Gasteiger charge is 2.35. The van der Waals surface area contributed by atoms with Crippen LogP contribution in [0.2, 0.25) is 5.02 Å². The van der Waals surface area contributed by atoms with Crippen molar-refractivity contribution in [1.82, 2.24) is 19.8 Å². The van der Waals surface area contributed by atoms with Crippen LogP contribution in [-0.4, -0.2) is 95.9 Å². The van der Waals surface area contributed by atoms with E-state index in [-0.39, 0.29) is 45.8 Å². The van der Waals surface area contributed by atoms with Crippen LogP contribution in [0.25, 0.3) is 16.5 Å². The number of carbonyl (C=O) groups excluding carboxylic acids is 1. The minimum Gasteiger partial charge on any atom is -0.508 e. The van der Waals surface area contributed by atoms with Crippen LogP contribution in [0, 0.1) is 5.82 Å². The van der Waals surface area contributed by atoms with Crippen LogP contribution in [0.3, 0.4) is 0 Å². The maximum absolute atomic E-state index is 16.3. The fourth-order valence-corrected chi connectivity index (χ4v) is 5.57. The number of anilines is 2. The molecule has 2 aliphatic heterocycles. The monoisotopic (exact) mass is 544 g/mol. The molecule has 1 aromatic heterocycles. The first-order valence-electron chi connectivity index (χ1n) is 12.6. The maximum Gasteiger partial charge on any atom is 0.246 e. The lowest BCUT2D eigenvalue weighted by atomic mass is 9.93. The summed E-state index contributed by atoms with van der Waals surface area (Å²) in [6.45, 7) is 8.28. The molecular weight excluding hydrogens is 514 g/mol. The molecule has 8 nitrogen and oxygen atoms in total. The van der Waals surface area contributed by atoms with Gasteiger partial charge >= 0.3 is 0 Å². The Labute approximate surface area is 225 Å². The highest BCUT2D eigenvalue weighted by Crippen LogP contribution is 2.41. The molecule has 38 heavy (non-hydrogen) atoms. The van der Waals surface area contributed by atoms with E-state index in [1.54, 1.807) is 11.0 Å². The zero-order chi connectivity index (χ0) is 27.3. The topological polar surface area (TPSA) is 76.0 Å². The van der Waals surface area contributed by atoms with Gasteiger partial charge in [0.1, 0.15) is 23.3 Å². The number of nitrogens with zero attached hydrogens (tertiary/aromatic N) is 6. The van der Waals surface area contributed by atoms with Crippen LogP contribution >= 0.6 is 11.6 Å². The molecule has 11 heteroatoms. The predicted octanol–water partition coefficient (Wildman–Crippen LogP) is 3.96. The van der Waals surface area contributed by atoms with Crippen LogP contribution in [0.1, 0.15) is 18.9 Å².